The first kappa shape index (κ1) is 16.9. The lowest BCUT2D eigenvalue weighted by molar-refractivity contribution is -0.137. The fourth-order valence-corrected chi connectivity index (χ4v) is 3.73. The highest BCUT2D eigenvalue weighted by Crippen LogP contribution is 2.20. The van der Waals surface area contributed by atoms with Crippen LogP contribution in [0.4, 0.5) is 0 Å². The number of carbonyl (C=O) groups is 1. The molecule has 0 atom stereocenters. The summed E-state index contributed by atoms with van der Waals surface area (Å²) in [4.78, 5) is 38.0. The van der Waals surface area contributed by atoms with E-state index in [-0.39, 0.29) is 15.8 Å². The monoisotopic (exact) mass is 341 g/mol. The van der Waals surface area contributed by atoms with Crippen molar-refractivity contribution in [2.75, 3.05) is 6.54 Å². The third-order valence-corrected chi connectivity index (χ3v) is 5.20. The van der Waals surface area contributed by atoms with Gasteiger partial charge in [0.05, 0.1) is 15.8 Å². The maximum atomic E-state index is 12.6. The molecule has 23 heavy (non-hydrogen) atoms. The molecule has 1 aromatic heterocycles. The average molecular weight is 341 g/mol. The van der Waals surface area contributed by atoms with Crippen molar-refractivity contribution in [2.24, 2.45) is 0 Å². The van der Waals surface area contributed by atoms with Gasteiger partial charge in [-0.2, -0.15) is 4.31 Å². The van der Waals surface area contributed by atoms with Gasteiger partial charge in [0, 0.05) is 6.04 Å². The van der Waals surface area contributed by atoms with Crippen molar-refractivity contribution >= 4 is 26.9 Å². The topological polar surface area (TPSA) is 140 Å². The van der Waals surface area contributed by atoms with Crippen molar-refractivity contribution in [3.63, 3.8) is 0 Å². The number of benzene rings is 1. The molecule has 0 saturated carbocycles. The van der Waals surface area contributed by atoms with E-state index >= 15 is 0 Å². The van der Waals surface area contributed by atoms with Crippen molar-refractivity contribution in [2.45, 2.75) is 24.8 Å². The zero-order valence-corrected chi connectivity index (χ0v) is 13.2. The lowest BCUT2D eigenvalue weighted by atomic mass is 10.2. The number of aliphatic carboxylic acids is 1. The molecule has 0 spiro atoms. The highest BCUT2D eigenvalue weighted by molar-refractivity contribution is 7.89. The molecule has 0 radical (unpaired) electrons. The summed E-state index contributed by atoms with van der Waals surface area (Å²) >= 11 is 0. The van der Waals surface area contributed by atoms with Crippen LogP contribution >= 0.6 is 0 Å². The predicted molar refractivity (Wildman–Crippen MR) is 81.9 cm³/mol. The molecule has 1 aromatic carbocycles. The highest BCUT2D eigenvalue weighted by atomic mass is 32.2. The van der Waals surface area contributed by atoms with E-state index in [4.69, 9.17) is 5.11 Å². The normalized spacial score (nSPS) is 12.2. The number of hydrogen-bond donors (Lipinski definition) is 3. The minimum absolute atomic E-state index is 0.00953. The Kier molecular flexibility index (Phi) is 4.39. The maximum Gasteiger partial charge on any atom is 0.326 e. The first-order valence-corrected chi connectivity index (χ1v) is 8.07. The molecule has 3 N–H and O–H groups in total. The van der Waals surface area contributed by atoms with E-state index in [9.17, 15) is 22.8 Å². The van der Waals surface area contributed by atoms with Crippen molar-refractivity contribution < 1.29 is 18.3 Å². The van der Waals surface area contributed by atoms with E-state index in [1.807, 2.05) is 4.98 Å². The molecule has 0 saturated heterocycles. The number of carboxylic acid groups (broad SMARTS) is 1. The molecule has 2 rings (SSSR count). The molecule has 0 amide bonds. The largest absolute Gasteiger partial charge is 0.480 e. The van der Waals surface area contributed by atoms with Gasteiger partial charge in [-0.15, -0.1) is 0 Å². The average Bonchev–Trinajstić information content (AvgIpc) is 2.43. The van der Waals surface area contributed by atoms with Crippen molar-refractivity contribution in [3.8, 4) is 0 Å². The Morgan fingerprint density at radius 3 is 2.48 bits per heavy atom. The van der Waals surface area contributed by atoms with E-state index in [0.717, 1.165) is 10.4 Å². The quantitative estimate of drug-likeness (QED) is 0.682. The van der Waals surface area contributed by atoms with E-state index in [2.05, 4.69) is 4.98 Å². The summed E-state index contributed by atoms with van der Waals surface area (Å²) in [5.41, 5.74) is -1.24. The number of nitrogens with zero attached hydrogens (tertiary/aromatic N) is 1. The van der Waals surface area contributed by atoms with E-state index in [1.54, 1.807) is 13.8 Å². The zero-order chi connectivity index (χ0) is 17.4. The van der Waals surface area contributed by atoms with Crippen molar-refractivity contribution in [1.82, 2.24) is 14.3 Å². The predicted octanol–water partition coefficient (Wildman–Crippen LogP) is -0.300. The van der Waals surface area contributed by atoms with Crippen molar-refractivity contribution in [1.29, 1.82) is 0 Å². The Morgan fingerprint density at radius 2 is 1.91 bits per heavy atom. The number of aromatic nitrogens is 2. The van der Waals surface area contributed by atoms with Gasteiger partial charge in [-0.1, -0.05) is 0 Å². The lowest BCUT2D eigenvalue weighted by Crippen LogP contribution is -2.40. The summed E-state index contributed by atoms with van der Waals surface area (Å²) in [6.07, 6.45) is 0. The molecule has 2 aromatic rings. The fraction of sp³-hybridized carbons (Fsp3) is 0.308. The summed E-state index contributed by atoms with van der Waals surface area (Å²) in [5.74, 6) is -1.29. The molecule has 1 heterocycles. The third-order valence-electron chi connectivity index (χ3n) is 3.18. The van der Waals surface area contributed by atoms with Gasteiger partial charge in [0.25, 0.3) is 5.56 Å². The molecule has 0 aliphatic carbocycles. The SMILES string of the molecule is CC(C)N(CC(=O)O)S(=O)(=O)c1ccc2[nH]c(=O)[nH]c(=O)c2c1. The maximum absolute atomic E-state index is 12.6. The second-order valence-electron chi connectivity index (χ2n) is 5.15. The van der Waals surface area contributed by atoms with E-state index < -0.39 is 39.8 Å². The minimum atomic E-state index is -4.11. The lowest BCUT2D eigenvalue weighted by Gasteiger charge is -2.24. The minimum Gasteiger partial charge on any atom is -0.480 e. The van der Waals surface area contributed by atoms with E-state index in [1.165, 1.54) is 12.1 Å². The van der Waals surface area contributed by atoms with Gasteiger partial charge < -0.3 is 10.1 Å². The third kappa shape index (κ3) is 3.32. The Balaban J connectivity index is 2.64. The molecular weight excluding hydrogens is 326 g/mol. The fourth-order valence-electron chi connectivity index (χ4n) is 2.12. The van der Waals surface area contributed by atoms with Crippen LogP contribution in [0.25, 0.3) is 10.9 Å². The number of rotatable bonds is 5. The standard InChI is InChI=1S/C13H15N3O6S/c1-7(2)16(6-11(17)18)23(21,22)8-3-4-10-9(5-8)12(19)15-13(20)14-10/h3-5,7H,6H2,1-2H3,(H,17,18)(H2,14,15,19,20). The van der Waals surface area contributed by atoms with Crippen LogP contribution in [-0.4, -0.2) is 46.4 Å². The Morgan fingerprint density at radius 1 is 1.26 bits per heavy atom. The van der Waals surface area contributed by atoms with Crippen LogP contribution in [-0.2, 0) is 14.8 Å². The first-order chi connectivity index (χ1) is 10.6. The van der Waals surface area contributed by atoms with Gasteiger partial charge in [0.1, 0.15) is 6.54 Å². The second kappa shape index (κ2) is 5.97. The highest BCUT2D eigenvalue weighted by Gasteiger charge is 2.29. The smallest absolute Gasteiger partial charge is 0.326 e. The summed E-state index contributed by atoms with van der Waals surface area (Å²) in [7, 11) is -4.11. The summed E-state index contributed by atoms with van der Waals surface area (Å²) in [5, 5.41) is 8.88. The van der Waals surface area contributed by atoms with Crippen LogP contribution in [0.5, 0.6) is 0 Å². The Labute approximate surface area is 130 Å². The summed E-state index contributed by atoms with van der Waals surface area (Å²) in [6.45, 7) is 2.40. The molecule has 0 unspecified atom stereocenters. The van der Waals surface area contributed by atoms with Crippen molar-refractivity contribution in [3.05, 3.63) is 39.0 Å². The molecule has 124 valence electrons. The van der Waals surface area contributed by atoms with Crippen LogP contribution in [0.15, 0.2) is 32.7 Å². The van der Waals surface area contributed by atoms with Crippen LogP contribution in [0.3, 0.4) is 0 Å². The summed E-state index contributed by atoms with van der Waals surface area (Å²) in [6, 6.07) is 3.03. The Bertz CT molecular complexity index is 973. The van der Waals surface area contributed by atoms with Gasteiger partial charge in [0.2, 0.25) is 10.0 Å². The number of hydrogen-bond acceptors (Lipinski definition) is 5. The van der Waals surface area contributed by atoms with Crippen LogP contribution in [0.1, 0.15) is 13.8 Å². The van der Waals surface area contributed by atoms with Gasteiger partial charge in [0.15, 0.2) is 0 Å². The van der Waals surface area contributed by atoms with Gasteiger partial charge in [-0.25, -0.2) is 13.2 Å². The molecule has 0 aliphatic rings. The van der Waals surface area contributed by atoms with Gasteiger partial charge in [-0.3, -0.25) is 14.6 Å². The molecule has 9 nitrogen and oxygen atoms in total. The number of nitrogens with one attached hydrogen (secondary N) is 2. The van der Waals surface area contributed by atoms with Gasteiger partial charge >= 0.3 is 11.7 Å². The zero-order valence-electron chi connectivity index (χ0n) is 12.4. The summed E-state index contributed by atoms with van der Waals surface area (Å²) < 4.78 is 26.0. The molecule has 10 heteroatoms. The second-order valence-corrected chi connectivity index (χ2v) is 7.04. The van der Waals surface area contributed by atoms with E-state index in [0.29, 0.717) is 0 Å². The van der Waals surface area contributed by atoms with Crippen LogP contribution in [0, 0.1) is 0 Å². The number of fused-ring (bicyclic) bond motifs is 1. The Hall–Kier alpha value is -2.46. The number of H-pyrrole nitrogens is 2. The van der Waals surface area contributed by atoms with Gasteiger partial charge in [-0.05, 0) is 32.0 Å². The van der Waals surface area contributed by atoms with Crippen LogP contribution < -0.4 is 11.2 Å². The number of aromatic amines is 2. The molecule has 0 aliphatic heterocycles. The molecule has 0 fully saturated rings. The number of sulfonamides is 1. The van der Waals surface area contributed by atoms with Crippen LogP contribution in [0.2, 0.25) is 0 Å². The number of carboxylic acids is 1. The first-order valence-electron chi connectivity index (χ1n) is 6.63. The molecular formula is C13H15N3O6S. The molecule has 0 bridgehead atoms.